The van der Waals surface area contributed by atoms with Gasteiger partial charge < -0.3 is 15.3 Å². The highest BCUT2D eigenvalue weighted by Gasteiger charge is 2.41. The van der Waals surface area contributed by atoms with Crippen LogP contribution in [0.4, 0.5) is 0 Å². The van der Waals surface area contributed by atoms with Crippen LogP contribution >= 0.6 is 0 Å². The van der Waals surface area contributed by atoms with E-state index in [2.05, 4.69) is 18.6 Å². The standard InChI is InChI=1S/C35H65NO7S2/c1-4-7-9-11-13-14-15-16-17-18-19-21-24-32(37)34(38)33(35(39)44(40,41)29-22-20-12-10-8-5-2)36-45(42,43)31-27-25-30(23-6-3)26-28-31/h25-28,32-39H,4-24,29H2,1-3H3/t32-,33-,34-,35?/m1/s1. The molecule has 8 nitrogen and oxygen atoms in total. The van der Waals surface area contributed by atoms with Crippen molar-refractivity contribution in [2.24, 2.45) is 0 Å². The number of aliphatic hydroxyl groups is 3. The van der Waals surface area contributed by atoms with Gasteiger partial charge in [-0.25, -0.2) is 21.6 Å². The number of aryl methyl sites for hydroxylation is 1. The zero-order valence-electron chi connectivity index (χ0n) is 28.5. The Labute approximate surface area is 275 Å². The molecular weight excluding hydrogens is 611 g/mol. The fourth-order valence-corrected chi connectivity index (χ4v) is 8.57. The predicted octanol–water partition coefficient (Wildman–Crippen LogP) is 7.19. The molecule has 1 rings (SSSR count). The van der Waals surface area contributed by atoms with E-state index in [1.54, 1.807) is 12.1 Å². The first kappa shape index (κ1) is 42.0. The molecule has 1 aromatic carbocycles. The van der Waals surface area contributed by atoms with E-state index in [0.29, 0.717) is 19.3 Å². The molecule has 0 aliphatic carbocycles. The lowest BCUT2D eigenvalue weighted by Gasteiger charge is -2.31. The molecule has 0 radical (unpaired) electrons. The molecule has 0 spiro atoms. The molecular formula is C35H65NO7S2. The molecule has 0 aliphatic rings. The summed E-state index contributed by atoms with van der Waals surface area (Å²) in [5.74, 6) is -0.328. The maximum absolute atomic E-state index is 13.3. The zero-order chi connectivity index (χ0) is 33.6. The number of nitrogens with one attached hydrogen (secondary N) is 1. The summed E-state index contributed by atoms with van der Waals surface area (Å²) in [6.45, 7) is 6.34. The Kier molecular flexibility index (Phi) is 22.5. The van der Waals surface area contributed by atoms with Crippen LogP contribution in [0.3, 0.4) is 0 Å². The van der Waals surface area contributed by atoms with Crippen LogP contribution in [-0.2, 0) is 26.3 Å². The van der Waals surface area contributed by atoms with Gasteiger partial charge in [0.25, 0.3) is 0 Å². The van der Waals surface area contributed by atoms with Crippen molar-refractivity contribution in [1.82, 2.24) is 4.72 Å². The van der Waals surface area contributed by atoms with E-state index >= 15 is 0 Å². The average Bonchev–Trinajstić information content (AvgIpc) is 3.01. The number of unbranched alkanes of at least 4 members (excludes halogenated alkanes) is 16. The van der Waals surface area contributed by atoms with E-state index in [1.807, 2.05) is 6.92 Å². The minimum absolute atomic E-state index is 0.101. The lowest BCUT2D eigenvalue weighted by atomic mass is 10.00. The molecule has 0 amide bonds. The largest absolute Gasteiger partial charge is 0.390 e. The van der Waals surface area contributed by atoms with Crippen LogP contribution in [0.5, 0.6) is 0 Å². The third-order valence-corrected chi connectivity index (χ3v) is 12.0. The fraction of sp³-hybridized carbons (Fsp3) is 0.829. The minimum Gasteiger partial charge on any atom is -0.390 e. The predicted molar refractivity (Wildman–Crippen MR) is 185 cm³/mol. The van der Waals surface area contributed by atoms with Gasteiger partial charge in [-0.1, -0.05) is 148 Å². The van der Waals surface area contributed by atoms with Gasteiger partial charge in [0.1, 0.15) is 0 Å². The summed E-state index contributed by atoms with van der Waals surface area (Å²) in [7, 11) is -8.49. The van der Waals surface area contributed by atoms with Crippen molar-refractivity contribution in [3.63, 3.8) is 0 Å². The first-order valence-electron chi connectivity index (χ1n) is 17.9. The summed E-state index contributed by atoms with van der Waals surface area (Å²) in [5.41, 5.74) is -1.23. The van der Waals surface area contributed by atoms with Crippen LogP contribution < -0.4 is 4.72 Å². The first-order valence-corrected chi connectivity index (χ1v) is 21.1. The highest BCUT2D eigenvalue weighted by atomic mass is 32.2. The van der Waals surface area contributed by atoms with Gasteiger partial charge in [-0.05, 0) is 37.0 Å². The molecule has 264 valence electrons. The second-order valence-electron chi connectivity index (χ2n) is 12.8. The van der Waals surface area contributed by atoms with Gasteiger partial charge in [-0.15, -0.1) is 0 Å². The Morgan fingerprint density at radius 3 is 1.51 bits per heavy atom. The first-order chi connectivity index (χ1) is 21.5. The highest BCUT2D eigenvalue weighted by molar-refractivity contribution is 7.92. The van der Waals surface area contributed by atoms with Gasteiger partial charge >= 0.3 is 0 Å². The van der Waals surface area contributed by atoms with Crippen LogP contribution in [0.15, 0.2) is 29.2 Å². The maximum Gasteiger partial charge on any atom is 0.241 e. The number of hydrogen-bond donors (Lipinski definition) is 4. The molecule has 0 fully saturated rings. The van der Waals surface area contributed by atoms with Gasteiger partial charge in [0.2, 0.25) is 10.0 Å². The Hall–Kier alpha value is -1.04. The van der Waals surface area contributed by atoms with E-state index in [1.165, 1.54) is 63.5 Å². The summed E-state index contributed by atoms with van der Waals surface area (Å²) >= 11 is 0. The van der Waals surface area contributed by atoms with Crippen molar-refractivity contribution in [2.45, 2.75) is 184 Å². The van der Waals surface area contributed by atoms with Crippen LogP contribution in [0.25, 0.3) is 0 Å². The molecule has 45 heavy (non-hydrogen) atoms. The van der Waals surface area contributed by atoms with Gasteiger partial charge in [0, 0.05) is 0 Å². The molecule has 0 heterocycles. The summed E-state index contributed by atoms with van der Waals surface area (Å²) in [4.78, 5) is -0.101. The zero-order valence-corrected chi connectivity index (χ0v) is 30.1. The Bertz CT molecular complexity index is 1080. The van der Waals surface area contributed by atoms with Crippen molar-refractivity contribution >= 4 is 19.9 Å². The molecule has 10 heteroatoms. The Morgan fingerprint density at radius 2 is 1.04 bits per heavy atom. The molecule has 0 bridgehead atoms. The number of rotatable bonds is 29. The third kappa shape index (κ3) is 17.6. The minimum atomic E-state index is -4.30. The molecule has 4 atom stereocenters. The van der Waals surface area contributed by atoms with E-state index in [9.17, 15) is 32.2 Å². The molecule has 1 unspecified atom stereocenters. The number of benzene rings is 1. The summed E-state index contributed by atoms with van der Waals surface area (Å²) < 4.78 is 55.1. The molecule has 0 aliphatic heterocycles. The quantitative estimate of drug-likeness (QED) is 0.0659. The van der Waals surface area contributed by atoms with Gasteiger partial charge in [0.15, 0.2) is 15.3 Å². The number of sulfone groups is 1. The monoisotopic (exact) mass is 675 g/mol. The second-order valence-corrected chi connectivity index (χ2v) is 16.7. The number of sulfonamides is 1. The van der Waals surface area contributed by atoms with Gasteiger partial charge in [-0.3, -0.25) is 0 Å². The summed E-state index contributed by atoms with van der Waals surface area (Å²) in [6, 6.07) is 4.42. The van der Waals surface area contributed by atoms with E-state index < -0.39 is 43.5 Å². The number of aliphatic hydroxyl groups excluding tert-OH is 3. The smallest absolute Gasteiger partial charge is 0.241 e. The molecule has 1 aromatic rings. The lowest BCUT2D eigenvalue weighted by molar-refractivity contribution is -0.0221. The Balaban J connectivity index is 2.80. The second kappa shape index (κ2) is 24.2. The van der Waals surface area contributed by atoms with E-state index in [-0.39, 0.29) is 17.1 Å². The summed E-state index contributed by atoms with van der Waals surface area (Å²) in [6.07, 6.45) is 17.4. The molecule has 4 N–H and O–H groups in total. The highest BCUT2D eigenvalue weighted by Crippen LogP contribution is 2.21. The SMILES string of the molecule is CCCCCCCCCCCCCC[C@@H](O)[C@@H](O)[C@@H](NS(=O)(=O)c1ccc(CCC)cc1)C(O)S(=O)(=O)CCCCCCCC. The fourth-order valence-electron chi connectivity index (χ4n) is 5.70. The topological polar surface area (TPSA) is 141 Å². The van der Waals surface area contributed by atoms with Crippen molar-refractivity contribution in [1.29, 1.82) is 0 Å². The lowest BCUT2D eigenvalue weighted by Crippen LogP contribution is -2.57. The molecule has 0 aromatic heterocycles. The van der Waals surface area contributed by atoms with Crippen molar-refractivity contribution in [3.8, 4) is 0 Å². The van der Waals surface area contributed by atoms with Gasteiger partial charge in [0.05, 0.1) is 28.9 Å². The number of hydrogen-bond acceptors (Lipinski definition) is 7. The summed E-state index contributed by atoms with van der Waals surface area (Å²) in [5, 5.41) is 32.9. The molecule has 0 saturated carbocycles. The third-order valence-electron chi connectivity index (χ3n) is 8.64. The van der Waals surface area contributed by atoms with Crippen LogP contribution in [0.2, 0.25) is 0 Å². The van der Waals surface area contributed by atoms with E-state index in [0.717, 1.165) is 63.4 Å². The van der Waals surface area contributed by atoms with Crippen LogP contribution in [0.1, 0.15) is 155 Å². The van der Waals surface area contributed by atoms with Crippen LogP contribution in [-0.4, -0.2) is 61.6 Å². The normalized spacial score (nSPS) is 15.2. The van der Waals surface area contributed by atoms with Gasteiger partial charge in [-0.2, -0.15) is 0 Å². The maximum atomic E-state index is 13.3. The average molecular weight is 676 g/mol. The van der Waals surface area contributed by atoms with Crippen molar-refractivity contribution < 1.29 is 32.2 Å². The molecule has 0 saturated heterocycles. The van der Waals surface area contributed by atoms with Crippen LogP contribution in [0, 0.1) is 0 Å². The van der Waals surface area contributed by atoms with Crippen molar-refractivity contribution in [2.75, 3.05) is 5.75 Å². The Morgan fingerprint density at radius 1 is 0.600 bits per heavy atom. The van der Waals surface area contributed by atoms with Crippen molar-refractivity contribution in [3.05, 3.63) is 29.8 Å². The van der Waals surface area contributed by atoms with E-state index in [4.69, 9.17) is 0 Å².